The number of fused-ring (bicyclic) bond motifs is 9. The summed E-state index contributed by atoms with van der Waals surface area (Å²) in [6.07, 6.45) is 8.50. The van der Waals surface area contributed by atoms with E-state index in [1.165, 1.54) is 21.8 Å². The summed E-state index contributed by atoms with van der Waals surface area (Å²) in [5, 5.41) is 10.4. The normalized spacial score (nSPS) is 15.8. The minimum atomic E-state index is -0.218. The van der Waals surface area contributed by atoms with Gasteiger partial charge in [0, 0.05) is 49.1 Å². The molecule has 1 aliphatic carbocycles. The van der Waals surface area contributed by atoms with Gasteiger partial charge in [0.1, 0.15) is 34.3 Å². The zero-order chi connectivity index (χ0) is 37.5. The molecule has 0 radical (unpaired) electrons. The van der Waals surface area contributed by atoms with Gasteiger partial charge in [-0.25, -0.2) is 9.98 Å². The Morgan fingerprint density at radius 2 is 1.12 bits per heavy atom. The number of hydrogen-bond acceptors (Lipinski definition) is 5. The summed E-state index contributed by atoms with van der Waals surface area (Å²) in [6.45, 7) is 0. The van der Waals surface area contributed by atoms with Crippen molar-refractivity contribution < 1.29 is 8.83 Å². The molecule has 270 valence electrons. The van der Waals surface area contributed by atoms with Crippen molar-refractivity contribution in [2.24, 2.45) is 9.98 Å². The number of amidine groups is 2. The molecule has 1 atom stereocenters. The molecule has 2 aliphatic rings. The molecule has 0 fully saturated rings. The van der Waals surface area contributed by atoms with Crippen LogP contribution in [0.3, 0.4) is 0 Å². The number of nitrogens with zero attached hydrogens (tertiary/aromatic N) is 3. The van der Waals surface area contributed by atoms with E-state index in [4.69, 9.17) is 18.8 Å². The molecular weight excluding hydrogens is 701 g/mol. The first-order valence-corrected chi connectivity index (χ1v) is 19.5. The van der Waals surface area contributed by atoms with Gasteiger partial charge in [0.05, 0.1) is 11.0 Å². The number of aliphatic imine (C=N–C) groups is 2. The number of furan rings is 2. The van der Waals surface area contributed by atoms with Crippen molar-refractivity contribution in [2.45, 2.75) is 19.0 Å². The van der Waals surface area contributed by atoms with Crippen LogP contribution in [-0.4, -0.2) is 22.4 Å². The molecule has 7 aromatic carbocycles. The summed E-state index contributed by atoms with van der Waals surface area (Å²) in [4.78, 5) is 10.0. The lowest BCUT2D eigenvalue weighted by Gasteiger charge is -2.25. The highest BCUT2D eigenvalue weighted by Gasteiger charge is 2.23. The Bertz CT molecular complexity index is 3340. The van der Waals surface area contributed by atoms with Gasteiger partial charge in [-0.1, -0.05) is 103 Å². The fourth-order valence-electron chi connectivity index (χ4n) is 8.71. The summed E-state index contributed by atoms with van der Waals surface area (Å²) in [7, 11) is 0. The highest BCUT2D eigenvalue weighted by molar-refractivity contribution is 6.15. The van der Waals surface area contributed by atoms with Crippen LogP contribution in [0.2, 0.25) is 0 Å². The minimum absolute atomic E-state index is 0.218. The fraction of sp³-hybridized carbons (Fsp3) is 0.0588. The summed E-state index contributed by atoms with van der Waals surface area (Å²) in [6, 6.07) is 53.2. The van der Waals surface area contributed by atoms with Crippen molar-refractivity contribution in [3.05, 3.63) is 187 Å². The monoisotopic (exact) mass is 734 g/mol. The average Bonchev–Trinajstić information content (AvgIpc) is 3.95. The van der Waals surface area contributed by atoms with Crippen LogP contribution in [0, 0.1) is 0 Å². The third-order valence-electron chi connectivity index (χ3n) is 11.5. The van der Waals surface area contributed by atoms with Crippen LogP contribution in [0.4, 0.5) is 0 Å². The number of allylic oxidation sites excluding steroid dienone is 2. The molecule has 0 spiro atoms. The van der Waals surface area contributed by atoms with Crippen molar-refractivity contribution >= 4 is 77.4 Å². The van der Waals surface area contributed by atoms with Crippen molar-refractivity contribution in [1.29, 1.82) is 0 Å². The zero-order valence-electron chi connectivity index (χ0n) is 30.8. The molecule has 1 aliphatic heterocycles. The Morgan fingerprint density at radius 3 is 1.81 bits per heavy atom. The zero-order valence-corrected chi connectivity index (χ0v) is 30.8. The van der Waals surface area contributed by atoms with Gasteiger partial charge >= 0.3 is 0 Å². The second kappa shape index (κ2) is 12.5. The lowest BCUT2D eigenvalue weighted by atomic mass is 10.0. The molecule has 12 rings (SSSR count). The number of rotatable bonds is 5. The van der Waals surface area contributed by atoms with Crippen molar-refractivity contribution in [1.82, 2.24) is 9.88 Å². The smallest absolute Gasteiger partial charge is 0.159 e. The maximum absolute atomic E-state index is 6.58. The molecule has 1 unspecified atom stereocenters. The number of nitrogens with one attached hydrogen (secondary N) is 1. The van der Waals surface area contributed by atoms with E-state index < -0.39 is 0 Å². The highest BCUT2D eigenvalue weighted by Crippen LogP contribution is 2.38. The van der Waals surface area contributed by atoms with Gasteiger partial charge in [-0.15, -0.1) is 0 Å². The van der Waals surface area contributed by atoms with Crippen LogP contribution >= 0.6 is 0 Å². The summed E-state index contributed by atoms with van der Waals surface area (Å²) < 4.78 is 15.4. The van der Waals surface area contributed by atoms with Crippen LogP contribution in [-0.2, 0) is 0 Å². The van der Waals surface area contributed by atoms with Crippen LogP contribution in [0.5, 0.6) is 0 Å². The molecule has 10 aromatic rings. The van der Waals surface area contributed by atoms with Gasteiger partial charge in [0.15, 0.2) is 5.84 Å². The molecule has 0 saturated carbocycles. The van der Waals surface area contributed by atoms with E-state index >= 15 is 0 Å². The average molecular weight is 735 g/mol. The molecule has 0 amide bonds. The van der Waals surface area contributed by atoms with Crippen molar-refractivity contribution in [3.63, 3.8) is 0 Å². The Morgan fingerprint density at radius 1 is 0.509 bits per heavy atom. The van der Waals surface area contributed by atoms with Gasteiger partial charge in [-0.2, -0.15) is 0 Å². The largest absolute Gasteiger partial charge is 0.456 e. The van der Waals surface area contributed by atoms with Crippen LogP contribution in [0.25, 0.3) is 82.5 Å². The molecule has 4 heterocycles. The number of benzene rings is 7. The van der Waals surface area contributed by atoms with Gasteiger partial charge in [-0.05, 0) is 96.3 Å². The van der Waals surface area contributed by atoms with Crippen LogP contribution in [0.1, 0.15) is 24.0 Å². The van der Waals surface area contributed by atoms with E-state index in [0.717, 1.165) is 96.1 Å². The summed E-state index contributed by atoms with van der Waals surface area (Å²) in [5.41, 5.74) is 12.1. The van der Waals surface area contributed by atoms with Crippen LogP contribution in [0.15, 0.2) is 194 Å². The Kier molecular flexibility index (Phi) is 7.01. The first-order chi connectivity index (χ1) is 28.2. The predicted molar refractivity (Wildman–Crippen MR) is 234 cm³/mol. The van der Waals surface area contributed by atoms with Gasteiger partial charge in [-0.3, -0.25) is 0 Å². The molecule has 3 aromatic heterocycles. The van der Waals surface area contributed by atoms with E-state index in [2.05, 4.69) is 162 Å². The van der Waals surface area contributed by atoms with E-state index in [1.54, 1.807) is 0 Å². The van der Waals surface area contributed by atoms with Gasteiger partial charge < -0.3 is 18.7 Å². The molecule has 0 saturated heterocycles. The summed E-state index contributed by atoms with van der Waals surface area (Å²) >= 11 is 0. The van der Waals surface area contributed by atoms with Crippen LogP contribution < -0.4 is 5.32 Å². The Labute approximate surface area is 327 Å². The fourth-order valence-corrected chi connectivity index (χ4v) is 8.71. The third-order valence-corrected chi connectivity index (χ3v) is 11.5. The number of aromatic nitrogens is 1. The van der Waals surface area contributed by atoms with E-state index in [0.29, 0.717) is 5.84 Å². The Hall–Kier alpha value is -7.44. The second-order valence-corrected chi connectivity index (χ2v) is 14.9. The standard InChI is InChI=1S/C51H34N4O2/c1-3-11-31(12-4-1)49-52-50(32-13-5-2-6-14-32)54-51(53-49)35-21-25-40-39-23-19-33(27-46(39)57-48(40)29-35)34-20-24-41-42-30-36(22-26-45(42)56-47(41)28-34)55-43-17-9-7-15-37(43)38-16-8-10-18-44(38)55/h1,3-5,7-30,50H,2,6H2,(H,52,53,54). The Balaban J connectivity index is 0.896. The lowest BCUT2D eigenvalue weighted by molar-refractivity contribution is 0.668. The second-order valence-electron chi connectivity index (χ2n) is 14.9. The van der Waals surface area contributed by atoms with Gasteiger partial charge in [0.2, 0.25) is 0 Å². The number of para-hydroxylation sites is 2. The first kappa shape index (κ1) is 31.9. The molecule has 6 nitrogen and oxygen atoms in total. The number of hydrogen-bond donors (Lipinski definition) is 1. The highest BCUT2D eigenvalue weighted by atomic mass is 16.3. The minimum Gasteiger partial charge on any atom is -0.456 e. The molecule has 0 bridgehead atoms. The molecular formula is C51H34N4O2. The van der Waals surface area contributed by atoms with Gasteiger partial charge in [0.25, 0.3) is 0 Å². The van der Waals surface area contributed by atoms with Crippen molar-refractivity contribution in [2.75, 3.05) is 0 Å². The summed E-state index contributed by atoms with van der Waals surface area (Å²) in [5.74, 6) is 1.49. The maximum Gasteiger partial charge on any atom is 0.159 e. The lowest BCUT2D eigenvalue weighted by Crippen LogP contribution is -2.40. The van der Waals surface area contributed by atoms with Crippen molar-refractivity contribution in [3.8, 4) is 16.8 Å². The van der Waals surface area contributed by atoms with E-state index in [9.17, 15) is 0 Å². The quantitative estimate of drug-likeness (QED) is 0.191. The molecule has 57 heavy (non-hydrogen) atoms. The SMILES string of the molecule is C1=CC(C2N=C(c3ccccc3)N=C(c3ccc4c(c3)oc3cc(-c5ccc6c(c5)oc5ccc(-n7c8ccccc8c8ccccc87)cc56)ccc34)N2)=CCC1. The first-order valence-electron chi connectivity index (χ1n) is 19.5. The topological polar surface area (TPSA) is 68.0 Å². The third kappa shape index (κ3) is 5.18. The van der Waals surface area contributed by atoms with E-state index in [1.807, 2.05) is 18.2 Å². The predicted octanol–water partition coefficient (Wildman–Crippen LogP) is 12.6. The van der Waals surface area contributed by atoms with E-state index in [-0.39, 0.29) is 6.17 Å². The molecule has 6 heteroatoms. The maximum atomic E-state index is 6.58. The molecule has 1 N–H and O–H groups in total.